The van der Waals surface area contributed by atoms with E-state index >= 15 is 0 Å². The molecule has 10 nitrogen and oxygen atoms in total. The highest BCUT2D eigenvalue weighted by atomic mass is 32.2. The van der Waals surface area contributed by atoms with Gasteiger partial charge in [-0.2, -0.15) is 0 Å². The summed E-state index contributed by atoms with van der Waals surface area (Å²) in [6.07, 6.45) is 7.97. The lowest BCUT2D eigenvalue weighted by molar-refractivity contribution is 0.527. The van der Waals surface area contributed by atoms with Crippen LogP contribution in [0.1, 0.15) is 69.3 Å². The second-order valence-electron chi connectivity index (χ2n) is 10.6. The van der Waals surface area contributed by atoms with Gasteiger partial charge in [-0.15, -0.1) is 0 Å². The van der Waals surface area contributed by atoms with Crippen molar-refractivity contribution >= 4 is 26.8 Å². The molecule has 1 N–H and O–H groups in total. The van der Waals surface area contributed by atoms with Gasteiger partial charge in [-0.05, 0) is 56.7 Å². The zero-order valence-corrected chi connectivity index (χ0v) is 23.1. The molecule has 2 saturated carbocycles. The Bertz CT molecular complexity index is 1740. The summed E-state index contributed by atoms with van der Waals surface area (Å²) in [5, 5.41) is 3.16. The predicted octanol–water partition coefficient (Wildman–Crippen LogP) is 4.00. The second kappa shape index (κ2) is 9.48. The van der Waals surface area contributed by atoms with Gasteiger partial charge >= 0.3 is 0 Å². The lowest BCUT2D eigenvalue weighted by Crippen LogP contribution is -2.32. The average Bonchev–Trinajstić information content (AvgIpc) is 3.89. The first-order valence-electron chi connectivity index (χ1n) is 13.4. The third kappa shape index (κ3) is 4.69. The lowest BCUT2D eigenvalue weighted by atomic mass is 10.1. The molecule has 3 heterocycles. The van der Waals surface area contributed by atoms with Crippen LogP contribution in [0.4, 0.5) is 5.82 Å². The maximum Gasteiger partial charge on any atom is 0.295 e. The minimum Gasteiger partial charge on any atom is -0.361 e. The van der Waals surface area contributed by atoms with E-state index in [0.29, 0.717) is 29.5 Å². The van der Waals surface area contributed by atoms with Gasteiger partial charge in [0.05, 0.1) is 33.8 Å². The van der Waals surface area contributed by atoms with Crippen LogP contribution >= 0.6 is 0 Å². The van der Waals surface area contributed by atoms with E-state index in [2.05, 4.69) is 39.1 Å². The van der Waals surface area contributed by atoms with Crippen molar-refractivity contribution in [2.75, 3.05) is 11.1 Å². The van der Waals surface area contributed by atoms with E-state index in [4.69, 9.17) is 4.98 Å². The number of aryl methyl sites for hydroxylation is 1. The zero-order chi connectivity index (χ0) is 27.4. The van der Waals surface area contributed by atoms with Crippen molar-refractivity contribution in [3.05, 3.63) is 64.1 Å². The number of benzene rings is 1. The molecule has 4 aromatic rings. The Kier molecular flexibility index (Phi) is 6.21. The molecule has 0 amide bonds. The molecular weight excluding hydrogens is 514 g/mol. The minimum absolute atomic E-state index is 0.0483. The Morgan fingerprint density at radius 1 is 1.05 bits per heavy atom. The molecule has 6 rings (SSSR count). The van der Waals surface area contributed by atoms with E-state index in [9.17, 15) is 13.2 Å². The number of nitrogens with zero attached hydrogens (tertiary/aromatic N) is 6. The second-order valence-corrected chi connectivity index (χ2v) is 12.9. The van der Waals surface area contributed by atoms with E-state index < -0.39 is 9.84 Å². The molecule has 0 atom stereocenters. The van der Waals surface area contributed by atoms with Crippen LogP contribution in [0.2, 0.25) is 0 Å². The molecule has 0 bridgehead atoms. The van der Waals surface area contributed by atoms with Crippen molar-refractivity contribution < 1.29 is 8.42 Å². The average molecular weight is 546 g/mol. The van der Waals surface area contributed by atoms with Crippen LogP contribution in [0, 0.1) is 0 Å². The molecule has 202 valence electrons. The molecule has 39 heavy (non-hydrogen) atoms. The van der Waals surface area contributed by atoms with E-state index in [0.717, 1.165) is 54.6 Å². The van der Waals surface area contributed by atoms with Crippen LogP contribution in [0.3, 0.4) is 0 Å². The monoisotopic (exact) mass is 545 g/mol. The molecule has 3 aromatic heterocycles. The molecule has 0 spiro atoms. The summed E-state index contributed by atoms with van der Waals surface area (Å²) in [4.78, 5) is 37.3. The maximum atomic E-state index is 13.7. The summed E-state index contributed by atoms with van der Waals surface area (Å²) in [5.41, 5.74) is 4.07. The maximum absolute atomic E-state index is 13.7. The summed E-state index contributed by atoms with van der Waals surface area (Å²) in [7, 11) is -3.27. The van der Waals surface area contributed by atoms with Crippen molar-refractivity contribution in [2.45, 2.75) is 75.8 Å². The molecule has 11 heteroatoms. The quantitative estimate of drug-likeness (QED) is 0.331. The summed E-state index contributed by atoms with van der Waals surface area (Å²) in [5.74, 6) is 1.20. The number of fused-ring (bicyclic) bond motifs is 1. The fraction of sp³-hybridized carbons (Fsp3) is 0.429. The first kappa shape index (κ1) is 25.5. The summed E-state index contributed by atoms with van der Waals surface area (Å²) in [6, 6.07) is 6.68. The summed E-state index contributed by atoms with van der Waals surface area (Å²) >= 11 is 0. The normalized spacial score (nSPS) is 16.4. The molecular formula is C28H31N7O3S. The Balaban J connectivity index is 1.39. The van der Waals surface area contributed by atoms with Crippen LogP contribution in [0.15, 0.2) is 46.5 Å². The highest BCUT2D eigenvalue weighted by Gasteiger charge is 2.42. The SMILES string of the molecule is CCc1ncnc(C2CC2)c1-c1ncc2nc(NCc3ccc(S(=O)(=O)CC)cc3)c(=O)n(C3(C)CC3)c2n1. The standard InChI is InChI=1S/C28H31N7O3S/c1-4-20-22(23(18-8-9-18)32-16-31-20)24-30-15-21-26(34-24)35(28(3)12-13-28)27(36)25(33-21)29-14-17-6-10-19(11-7-17)39(37,38)5-2/h6-7,10-11,15-16,18H,4-5,8-9,12-14H2,1-3H3,(H,29,33). The fourth-order valence-corrected chi connectivity index (χ4v) is 5.79. The van der Waals surface area contributed by atoms with Gasteiger partial charge in [0, 0.05) is 18.0 Å². The zero-order valence-electron chi connectivity index (χ0n) is 22.3. The van der Waals surface area contributed by atoms with Crippen molar-refractivity contribution in [1.29, 1.82) is 0 Å². The Morgan fingerprint density at radius 2 is 1.79 bits per heavy atom. The van der Waals surface area contributed by atoms with Gasteiger partial charge in [-0.3, -0.25) is 9.36 Å². The molecule has 2 aliphatic rings. The van der Waals surface area contributed by atoms with Gasteiger partial charge in [0.2, 0.25) is 0 Å². The Labute approximate surface area is 226 Å². The van der Waals surface area contributed by atoms with Crippen LogP contribution in [0.5, 0.6) is 0 Å². The molecule has 1 aromatic carbocycles. The summed E-state index contributed by atoms with van der Waals surface area (Å²) in [6.45, 7) is 6.06. The third-order valence-electron chi connectivity index (χ3n) is 7.71. The molecule has 0 radical (unpaired) electrons. The van der Waals surface area contributed by atoms with E-state index in [-0.39, 0.29) is 27.6 Å². The fourth-order valence-electron chi connectivity index (χ4n) is 4.90. The molecule has 0 unspecified atom stereocenters. The van der Waals surface area contributed by atoms with Crippen LogP contribution in [0.25, 0.3) is 22.6 Å². The predicted molar refractivity (Wildman–Crippen MR) is 148 cm³/mol. The first-order chi connectivity index (χ1) is 18.7. The van der Waals surface area contributed by atoms with Gasteiger partial charge in [0.25, 0.3) is 5.56 Å². The minimum atomic E-state index is -3.27. The molecule has 2 aliphatic carbocycles. The first-order valence-corrected chi connectivity index (χ1v) is 15.1. The van der Waals surface area contributed by atoms with E-state index in [1.165, 1.54) is 0 Å². The number of hydrogen-bond acceptors (Lipinski definition) is 9. The third-order valence-corrected chi connectivity index (χ3v) is 9.46. The van der Waals surface area contributed by atoms with E-state index in [1.54, 1.807) is 48.3 Å². The number of hydrogen-bond donors (Lipinski definition) is 1. The molecule has 0 aliphatic heterocycles. The number of anilines is 1. The lowest BCUT2D eigenvalue weighted by Gasteiger charge is -2.18. The number of aromatic nitrogens is 6. The van der Waals surface area contributed by atoms with Crippen LogP contribution in [-0.2, 0) is 28.3 Å². The topological polar surface area (TPSA) is 133 Å². The van der Waals surface area contributed by atoms with E-state index in [1.807, 2.05) is 0 Å². The van der Waals surface area contributed by atoms with Crippen molar-refractivity contribution in [3.63, 3.8) is 0 Å². The molecule has 0 saturated heterocycles. The highest BCUT2D eigenvalue weighted by molar-refractivity contribution is 7.91. The van der Waals surface area contributed by atoms with Gasteiger partial charge in [-0.25, -0.2) is 33.3 Å². The van der Waals surface area contributed by atoms with Crippen molar-refractivity contribution in [1.82, 2.24) is 29.5 Å². The summed E-state index contributed by atoms with van der Waals surface area (Å²) < 4.78 is 26.0. The van der Waals surface area contributed by atoms with Gasteiger partial charge in [0.1, 0.15) is 11.8 Å². The molecule has 2 fully saturated rings. The largest absolute Gasteiger partial charge is 0.361 e. The van der Waals surface area contributed by atoms with Gasteiger partial charge in [0.15, 0.2) is 27.1 Å². The van der Waals surface area contributed by atoms with Gasteiger partial charge in [-0.1, -0.05) is 26.0 Å². The Morgan fingerprint density at radius 3 is 2.44 bits per heavy atom. The van der Waals surface area contributed by atoms with Crippen molar-refractivity contribution in [3.8, 4) is 11.4 Å². The number of rotatable bonds is 9. The van der Waals surface area contributed by atoms with Crippen molar-refractivity contribution in [2.24, 2.45) is 0 Å². The van der Waals surface area contributed by atoms with Crippen LogP contribution in [-0.4, -0.2) is 43.7 Å². The number of nitrogens with one attached hydrogen (secondary N) is 1. The number of sulfone groups is 1. The highest BCUT2D eigenvalue weighted by Crippen LogP contribution is 2.45. The smallest absolute Gasteiger partial charge is 0.295 e. The van der Waals surface area contributed by atoms with Gasteiger partial charge < -0.3 is 5.32 Å². The van der Waals surface area contributed by atoms with Crippen LogP contribution < -0.4 is 10.9 Å². The Hall–Kier alpha value is -3.73.